The molecular weight excluding hydrogens is 246 g/mol. The van der Waals surface area contributed by atoms with Gasteiger partial charge in [0.2, 0.25) is 5.91 Å². The first-order chi connectivity index (χ1) is 9.08. The molecule has 0 saturated carbocycles. The van der Waals surface area contributed by atoms with Crippen molar-refractivity contribution >= 4 is 11.9 Å². The molecule has 1 aromatic rings. The number of carbonyl (C=O) groups excluding carboxylic acids is 1. The Kier molecular flexibility index (Phi) is 4.04. The number of nitrogens with one attached hydrogen (secondary N) is 1. The second kappa shape index (κ2) is 5.73. The topological polar surface area (TPSA) is 75.6 Å². The van der Waals surface area contributed by atoms with Gasteiger partial charge in [-0.1, -0.05) is 12.1 Å². The van der Waals surface area contributed by atoms with E-state index in [4.69, 9.17) is 9.84 Å². The van der Waals surface area contributed by atoms with E-state index in [0.29, 0.717) is 6.54 Å². The zero-order valence-corrected chi connectivity index (χ0v) is 10.8. The van der Waals surface area contributed by atoms with Gasteiger partial charge < -0.3 is 15.2 Å². The quantitative estimate of drug-likeness (QED) is 0.804. The van der Waals surface area contributed by atoms with Gasteiger partial charge in [-0.2, -0.15) is 0 Å². The van der Waals surface area contributed by atoms with Crippen LogP contribution >= 0.6 is 0 Å². The van der Waals surface area contributed by atoms with Gasteiger partial charge in [0.15, 0.2) is 0 Å². The molecule has 2 N–H and O–H groups in total. The van der Waals surface area contributed by atoms with Crippen LogP contribution in [0.1, 0.15) is 24.5 Å². The van der Waals surface area contributed by atoms with E-state index in [-0.39, 0.29) is 0 Å². The standard InChI is InChI=1S/C14H17NO4/c1-9(14(17)18)13(16)15-8-10-4-5-12-11(7-10)3-2-6-19-12/h4-5,7,9H,2-3,6,8H2,1H3,(H,15,16)(H,17,18). The molecule has 1 unspecified atom stereocenters. The summed E-state index contributed by atoms with van der Waals surface area (Å²) in [4.78, 5) is 22.2. The van der Waals surface area contributed by atoms with Crippen molar-refractivity contribution in [2.75, 3.05) is 6.61 Å². The third kappa shape index (κ3) is 3.24. The minimum Gasteiger partial charge on any atom is -0.493 e. The highest BCUT2D eigenvalue weighted by Crippen LogP contribution is 2.25. The van der Waals surface area contributed by atoms with E-state index in [0.717, 1.165) is 36.3 Å². The van der Waals surface area contributed by atoms with Gasteiger partial charge in [0.05, 0.1) is 6.61 Å². The Labute approximate surface area is 111 Å². The predicted molar refractivity (Wildman–Crippen MR) is 68.9 cm³/mol. The first-order valence-corrected chi connectivity index (χ1v) is 6.33. The van der Waals surface area contributed by atoms with Gasteiger partial charge in [-0.25, -0.2) is 0 Å². The maximum absolute atomic E-state index is 11.5. The van der Waals surface area contributed by atoms with Gasteiger partial charge in [0, 0.05) is 6.54 Å². The summed E-state index contributed by atoms with van der Waals surface area (Å²) < 4.78 is 5.51. The van der Waals surface area contributed by atoms with Crippen LogP contribution in [0.25, 0.3) is 0 Å². The van der Waals surface area contributed by atoms with Crippen LogP contribution in [-0.2, 0) is 22.6 Å². The van der Waals surface area contributed by atoms with E-state index in [1.807, 2.05) is 18.2 Å². The molecule has 1 aliphatic rings. The third-order valence-corrected chi connectivity index (χ3v) is 3.20. The first kappa shape index (κ1) is 13.4. The average molecular weight is 263 g/mol. The summed E-state index contributed by atoms with van der Waals surface area (Å²) in [5, 5.41) is 11.4. The molecule has 0 fully saturated rings. The van der Waals surface area contributed by atoms with Crippen molar-refractivity contribution in [1.82, 2.24) is 5.32 Å². The van der Waals surface area contributed by atoms with Crippen molar-refractivity contribution in [2.45, 2.75) is 26.3 Å². The summed E-state index contributed by atoms with van der Waals surface area (Å²) in [6.45, 7) is 2.46. The Hall–Kier alpha value is -2.04. The molecule has 0 radical (unpaired) electrons. The molecule has 1 aliphatic heterocycles. The molecule has 1 heterocycles. The lowest BCUT2D eigenvalue weighted by atomic mass is 10.0. The molecule has 0 bridgehead atoms. The minimum atomic E-state index is -1.11. The van der Waals surface area contributed by atoms with E-state index >= 15 is 0 Å². The maximum atomic E-state index is 11.5. The highest BCUT2D eigenvalue weighted by atomic mass is 16.5. The fourth-order valence-corrected chi connectivity index (χ4v) is 1.98. The van der Waals surface area contributed by atoms with Crippen molar-refractivity contribution in [3.63, 3.8) is 0 Å². The van der Waals surface area contributed by atoms with Gasteiger partial charge in [-0.15, -0.1) is 0 Å². The molecule has 0 aliphatic carbocycles. The van der Waals surface area contributed by atoms with Gasteiger partial charge in [0.1, 0.15) is 11.7 Å². The number of amides is 1. The van der Waals surface area contributed by atoms with E-state index < -0.39 is 17.8 Å². The van der Waals surface area contributed by atoms with E-state index in [1.165, 1.54) is 6.92 Å². The average Bonchev–Trinajstić information content (AvgIpc) is 2.43. The van der Waals surface area contributed by atoms with Crippen LogP contribution in [0.2, 0.25) is 0 Å². The summed E-state index contributed by atoms with van der Waals surface area (Å²) in [5.41, 5.74) is 2.10. The Morgan fingerprint density at radius 3 is 3.00 bits per heavy atom. The zero-order valence-electron chi connectivity index (χ0n) is 10.8. The first-order valence-electron chi connectivity index (χ1n) is 6.33. The number of benzene rings is 1. The molecule has 5 heteroatoms. The van der Waals surface area contributed by atoms with E-state index in [1.54, 1.807) is 0 Å². The molecule has 0 aromatic heterocycles. The number of aryl methyl sites for hydroxylation is 1. The van der Waals surface area contributed by atoms with E-state index in [2.05, 4.69) is 5.32 Å². The van der Waals surface area contributed by atoms with Crippen molar-refractivity contribution in [3.8, 4) is 5.75 Å². The molecule has 0 spiro atoms. The van der Waals surface area contributed by atoms with Crippen LogP contribution in [0.4, 0.5) is 0 Å². The number of aliphatic carboxylic acids is 1. The fourth-order valence-electron chi connectivity index (χ4n) is 1.98. The van der Waals surface area contributed by atoms with Gasteiger partial charge >= 0.3 is 5.97 Å². The molecule has 1 amide bonds. The molecule has 1 atom stereocenters. The van der Waals surface area contributed by atoms with Crippen LogP contribution in [0, 0.1) is 5.92 Å². The molecule has 1 aromatic carbocycles. The highest BCUT2D eigenvalue weighted by Gasteiger charge is 2.20. The summed E-state index contributed by atoms with van der Waals surface area (Å²) in [7, 11) is 0. The van der Waals surface area contributed by atoms with Crippen molar-refractivity contribution in [2.24, 2.45) is 5.92 Å². The summed E-state index contributed by atoms with van der Waals surface area (Å²) in [6, 6.07) is 5.78. The second-order valence-electron chi connectivity index (χ2n) is 4.67. The largest absolute Gasteiger partial charge is 0.493 e. The Morgan fingerprint density at radius 1 is 1.47 bits per heavy atom. The van der Waals surface area contributed by atoms with Gasteiger partial charge in [0.25, 0.3) is 0 Å². The van der Waals surface area contributed by atoms with Crippen LogP contribution in [0.5, 0.6) is 5.75 Å². The lowest BCUT2D eigenvalue weighted by Gasteiger charge is -2.18. The Morgan fingerprint density at radius 2 is 2.26 bits per heavy atom. The number of fused-ring (bicyclic) bond motifs is 1. The second-order valence-corrected chi connectivity index (χ2v) is 4.67. The number of ether oxygens (including phenoxy) is 1. The van der Waals surface area contributed by atoms with Crippen LogP contribution < -0.4 is 10.1 Å². The predicted octanol–water partition coefficient (Wildman–Crippen LogP) is 1.35. The van der Waals surface area contributed by atoms with Gasteiger partial charge in [-0.05, 0) is 37.0 Å². The SMILES string of the molecule is CC(C(=O)O)C(=O)NCc1ccc2c(c1)CCCO2. The third-order valence-electron chi connectivity index (χ3n) is 3.20. The number of rotatable bonds is 4. The lowest BCUT2D eigenvalue weighted by Crippen LogP contribution is -2.33. The molecule has 19 heavy (non-hydrogen) atoms. The molecule has 5 nitrogen and oxygen atoms in total. The van der Waals surface area contributed by atoms with E-state index in [9.17, 15) is 9.59 Å². The number of carboxylic acid groups (broad SMARTS) is 1. The Bertz CT molecular complexity index is 498. The van der Waals surface area contributed by atoms with Gasteiger partial charge in [-0.3, -0.25) is 9.59 Å². The number of carbonyl (C=O) groups is 2. The van der Waals surface area contributed by atoms with Crippen molar-refractivity contribution in [1.29, 1.82) is 0 Å². The van der Waals surface area contributed by atoms with Crippen LogP contribution in [0.3, 0.4) is 0 Å². The molecule has 102 valence electrons. The van der Waals surface area contributed by atoms with Crippen molar-refractivity contribution < 1.29 is 19.4 Å². The molecule has 2 rings (SSSR count). The number of hydrogen-bond donors (Lipinski definition) is 2. The minimum absolute atomic E-state index is 0.337. The van der Waals surface area contributed by atoms with Crippen LogP contribution in [0.15, 0.2) is 18.2 Å². The summed E-state index contributed by atoms with van der Waals surface area (Å²) >= 11 is 0. The summed E-state index contributed by atoms with van der Waals surface area (Å²) in [5.74, 6) is -1.71. The maximum Gasteiger partial charge on any atom is 0.315 e. The van der Waals surface area contributed by atoms with Crippen molar-refractivity contribution in [3.05, 3.63) is 29.3 Å². The zero-order chi connectivity index (χ0) is 13.8. The fraction of sp³-hybridized carbons (Fsp3) is 0.429. The molecule has 0 saturated heterocycles. The van der Waals surface area contributed by atoms with Crippen LogP contribution in [-0.4, -0.2) is 23.6 Å². The summed E-state index contributed by atoms with van der Waals surface area (Å²) in [6.07, 6.45) is 1.97. The highest BCUT2D eigenvalue weighted by molar-refractivity contribution is 5.96. The number of carboxylic acids is 1. The lowest BCUT2D eigenvalue weighted by molar-refractivity contribution is -0.146. The smallest absolute Gasteiger partial charge is 0.315 e. The number of hydrogen-bond acceptors (Lipinski definition) is 3. The normalized spacial score (nSPS) is 15.0. The Balaban J connectivity index is 1.96. The molecular formula is C14H17NO4. The monoisotopic (exact) mass is 263 g/mol.